The van der Waals surface area contributed by atoms with E-state index in [4.69, 9.17) is 9.47 Å². The fourth-order valence-corrected chi connectivity index (χ4v) is 2.56. The predicted octanol–water partition coefficient (Wildman–Crippen LogP) is 1.48. The molecule has 24 heavy (non-hydrogen) atoms. The molecule has 1 amide bonds. The number of rotatable bonds is 6. The van der Waals surface area contributed by atoms with Crippen molar-refractivity contribution in [3.05, 3.63) is 42.2 Å². The molecule has 0 spiro atoms. The second-order valence-corrected chi connectivity index (χ2v) is 5.63. The largest absolute Gasteiger partial charge is 0.497 e. The van der Waals surface area contributed by atoms with Gasteiger partial charge in [-0.3, -0.25) is 14.4 Å². The number of carbonyl (C=O) groups is 1. The maximum atomic E-state index is 12.2. The fourth-order valence-electron chi connectivity index (χ4n) is 2.56. The molecule has 0 bridgehead atoms. The highest BCUT2D eigenvalue weighted by Crippen LogP contribution is 2.13. The van der Waals surface area contributed by atoms with Crippen LogP contribution in [0.15, 0.2) is 36.7 Å². The highest BCUT2D eigenvalue weighted by molar-refractivity contribution is 6.04. The molecule has 1 N–H and O–H groups in total. The molecule has 2 heterocycles. The molecule has 1 aliphatic heterocycles. The minimum atomic E-state index is -0.162. The lowest BCUT2D eigenvalue weighted by atomic mass is 10.2. The third kappa shape index (κ3) is 4.33. The first kappa shape index (κ1) is 16.5. The van der Waals surface area contributed by atoms with Gasteiger partial charge in [-0.1, -0.05) is 0 Å². The van der Waals surface area contributed by atoms with Gasteiger partial charge in [0.05, 0.1) is 38.8 Å². The number of aromatic nitrogens is 2. The normalized spacial score (nSPS) is 15.2. The average Bonchev–Trinajstić information content (AvgIpc) is 3.08. The summed E-state index contributed by atoms with van der Waals surface area (Å²) in [4.78, 5) is 14.6. The van der Waals surface area contributed by atoms with Gasteiger partial charge in [-0.2, -0.15) is 5.10 Å². The summed E-state index contributed by atoms with van der Waals surface area (Å²) < 4.78 is 12.3. The quantitative estimate of drug-likeness (QED) is 0.869. The molecule has 1 aliphatic rings. The van der Waals surface area contributed by atoms with E-state index in [9.17, 15) is 4.79 Å². The van der Waals surface area contributed by atoms with E-state index in [1.807, 2.05) is 10.9 Å². The summed E-state index contributed by atoms with van der Waals surface area (Å²) >= 11 is 0. The Morgan fingerprint density at radius 2 is 2.00 bits per heavy atom. The Hall–Kier alpha value is -2.38. The number of benzene rings is 1. The average molecular weight is 330 g/mol. The van der Waals surface area contributed by atoms with Crippen LogP contribution in [-0.4, -0.2) is 60.5 Å². The molecular formula is C17H22N4O3. The number of nitrogens with one attached hydrogen (secondary N) is 1. The van der Waals surface area contributed by atoms with Crippen molar-refractivity contribution >= 4 is 11.6 Å². The van der Waals surface area contributed by atoms with Crippen LogP contribution in [0.5, 0.6) is 5.75 Å². The van der Waals surface area contributed by atoms with Gasteiger partial charge < -0.3 is 14.8 Å². The topological polar surface area (TPSA) is 68.6 Å². The van der Waals surface area contributed by atoms with E-state index < -0.39 is 0 Å². The number of anilines is 1. The van der Waals surface area contributed by atoms with Gasteiger partial charge in [-0.05, 0) is 24.3 Å². The molecule has 0 unspecified atom stereocenters. The Labute approximate surface area is 141 Å². The van der Waals surface area contributed by atoms with E-state index in [-0.39, 0.29) is 5.91 Å². The van der Waals surface area contributed by atoms with E-state index in [0.29, 0.717) is 11.3 Å². The molecule has 0 saturated carbocycles. The van der Waals surface area contributed by atoms with Crippen LogP contribution in [0.2, 0.25) is 0 Å². The van der Waals surface area contributed by atoms with Crippen LogP contribution in [-0.2, 0) is 11.3 Å². The lowest BCUT2D eigenvalue weighted by molar-refractivity contribution is 0.0360. The summed E-state index contributed by atoms with van der Waals surface area (Å²) in [7, 11) is 1.60. The van der Waals surface area contributed by atoms with Gasteiger partial charge in [0.25, 0.3) is 5.91 Å². The van der Waals surface area contributed by atoms with E-state index >= 15 is 0 Å². The number of ether oxygens (including phenoxy) is 2. The summed E-state index contributed by atoms with van der Waals surface area (Å²) in [6.45, 7) is 5.23. The van der Waals surface area contributed by atoms with Crippen molar-refractivity contribution in [3.8, 4) is 5.75 Å². The summed E-state index contributed by atoms with van der Waals surface area (Å²) in [5.74, 6) is 0.563. The summed E-state index contributed by atoms with van der Waals surface area (Å²) in [6.07, 6.45) is 3.52. The maximum Gasteiger partial charge on any atom is 0.255 e. The zero-order chi connectivity index (χ0) is 16.8. The molecule has 0 atom stereocenters. The summed E-state index contributed by atoms with van der Waals surface area (Å²) in [5, 5.41) is 7.16. The molecule has 0 radical (unpaired) electrons. The predicted molar refractivity (Wildman–Crippen MR) is 90.4 cm³/mol. The van der Waals surface area contributed by atoms with E-state index in [0.717, 1.165) is 45.1 Å². The van der Waals surface area contributed by atoms with E-state index in [1.165, 1.54) is 0 Å². The molecule has 1 saturated heterocycles. The van der Waals surface area contributed by atoms with Gasteiger partial charge in [0.15, 0.2) is 0 Å². The van der Waals surface area contributed by atoms with Crippen LogP contribution >= 0.6 is 0 Å². The van der Waals surface area contributed by atoms with Crippen LogP contribution in [0, 0.1) is 0 Å². The number of nitrogens with zero attached hydrogens (tertiary/aromatic N) is 3. The lowest BCUT2D eigenvalue weighted by Gasteiger charge is -2.26. The number of carbonyl (C=O) groups excluding carboxylic acids is 1. The third-order valence-corrected chi connectivity index (χ3v) is 3.99. The molecule has 7 nitrogen and oxygen atoms in total. The van der Waals surface area contributed by atoms with Crippen LogP contribution in [0.4, 0.5) is 5.69 Å². The molecule has 7 heteroatoms. The van der Waals surface area contributed by atoms with Crippen LogP contribution in [0.25, 0.3) is 0 Å². The monoisotopic (exact) mass is 330 g/mol. The molecule has 128 valence electrons. The van der Waals surface area contributed by atoms with Crippen molar-refractivity contribution in [1.82, 2.24) is 14.7 Å². The first-order valence-electron chi connectivity index (χ1n) is 8.02. The van der Waals surface area contributed by atoms with Crippen molar-refractivity contribution in [3.63, 3.8) is 0 Å². The van der Waals surface area contributed by atoms with Crippen molar-refractivity contribution < 1.29 is 14.3 Å². The SMILES string of the molecule is COc1ccc(C(=O)Nc2cnn(CCN3CCOCC3)c2)cc1. The highest BCUT2D eigenvalue weighted by atomic mass is 16.5. The minimum absolute atomic E-state index is 0.162. The molecular weight excluding hydrogens is 308 g/mol. The van der Waals surface area contributed by atoms with Gasteiger partial charge >= 0.3 is 0 Å². The smallest absolute Gasteiger partial charge is 0.255 e. The van der Waals surface area contributed by atoms with Crippen LogP contribution < -0.4 is 10.1 Å². The Morgan fingerprint density at radius 3 is 2.71 bits per heavy atom. The zero-order valence-electron chi connectivity index (χ0n) is 13.8. The second kappa shape index (κ2) is 7.94. The molecule has 2 aromatic rings. The maximum absolute atomic E-state index is 12.2. The Bertz CT molecular complexity index is 663. The summed E-state index contributed by atoms with van der Waals surface area (Å²) in [5.41, 5.74) is 1.27. The van der Waals surface area contributed by atoms with Crippen molar-refractivity contribution in [2.75, 3.05) is 45.3 Å². The number of hydrogen-bond acceptors (Lipinski definition) is 5. The number of hydrogen-bond donors (Lipinski definition) is 1. The first-order valence-corrected chi connectivity index (χ1v) is 8.02. The van der Waals surface area contributed by atoms with Crippen molar-refractivity contribution in [2.24, 2.45) is 0 Å². The molecule has 1 fully saturated rings. The van der Waals surface area contributed by atoms with Crippen LogP contribution in [0.3, 0.4) is 0 Å². The van der Waals surface area contributed by atoms with Crippen LogP contribution in [0.1, 0.15) is 10.4 Å². The van der Waals surface area contributed by atoms with Gasteiger partial charge in [0.1, 0.15) is 5.75 Å². The third-order valence-electron chi connectivity index (χ3n) is 3.99. The van der Waals surface area contributed by atoms with Gasteiger partial charge in [0.2, 0.25) is 0 Å². The zero-order valence-corrected chi connectivity index (χ0v) is 13.8. The number of methoxy groups -OCH3 is 1. The summed E-state index contributed by atoms with van der Waals surface area (Å²) in [6, 6.07) is 7.00. The van der Waals surface area contributed by atoms with Gasteiger partial charge in [0, 0.05) is 31.4 Å². The lowest BCUT2D eigenvalue weighted by Crippen LogP contribution is -2.38. The number of morpholine rings is 1. The minimum Gasteiger partial charge on any atom is -0.497 e. The molecule has 1 aromatic heterocycles. The fraction of sp³-hybridized carbons (Fsp3) is 0.412. The molecule has 3 rings (SSSR count). The second-order valence-electron chi connectivity index (χ2n) is 5.63. The number of amides is 1. The Balaban J connectivity index is 1.51. The van der Waals surface area contributed by atoms with E-state index in [2.05, 4.69) is 15.3 Å². The van der Waals surface area contributed by atoms with Crippen molar-refractivity contribution in [2.45, 2.75) is 6.54 Å². The molecule has 1 aromatic carbocycles. The van der Waals surface area contributed by atoms with E-state index in [1.54, 1.807) is 37.6 Å². The first-order chi connectivity index (χ1) is 11.7. The Kier molecular flexibility index (Phi) is 5.45. The standard InChI is InChI=1S/C17H22N4O3/c1-23-16-4-2-14(3-5-16)17(22)19-15-12-18-21(13-15)7-6-20-8-10-24-11-9-20/h2-5,12-13H,6-11H2,1H3,(H,19,22). The van der Waals surface area contributed by atoms with Gasteiger partial charge in [-0.15, -0.1) is 0 Å². The van der Waals surface area contributed by atoms with Crippen molar-refractivity contribution in [1.29, 1.82) is 0 Å². The Morgan fingerprint density at radius 1 is 1.25 bits per heavy atom. The highest BCUT2D eigenvalue weighted by Gasteiger charge is 2.11. The van der Waals surface area contributed by atoms with Gasteiger partial charge in [-0.25, -0.2) is 0 Å². The molecule has 0 aliphatic carbocycles.